The number of aliphatic carboxylic acids is 1. The number of nitrogens with zero attached hydrogens (tertiary/aromatic N) is 3. The molecule has 1 aliphatic rings. The highest BCUT2D eigenvalue weighted by Crippen LogP contribution is 2.31. The lowest BCUT2D eigenvalue weighted by Crippen LogP contribution is -2.39. The molecule has 0 aromatic carbocycles. The molecule has 1 N–H and O–H groups in total. The van der Waals surface area contributed by atoms with Crippen LogP contribution in [0.2, 0.25) is 5.02 Å². The Kier molecular flexibility index (Phi) is 3.84. The van der Waals surface area contributed by atoms with E-state index < -0.39 is 16.8 Å². The van der Waals surface area contributed by atoms with E-state index in [1.54, 1.807) is 4.90 Å². The summed E-state index contributed by atoms with van der Waals surface area (Å²) in [6, 6.07) is 1.23. The molecule has 1 aromatic rings. The maximum absolute atomic E-state index is 11.0. The van der Waals surface area contributed by atoms with Crippen molar-refractivity contribution >= 4 is 29.1 Å². The molecule has 1 atom stereocenters. The van der Waals surface area contributed by atoms with Crippen LogP contribution in [0.1, 0.15) is 12.8 Å². The fraction of sp³-hybridized carbons (Fsp3) is 0.455. The van der Waals surface area contributed by atoms with Crippen LogP contribution in [0, 0.1) is 16.0 Å². The Bertz CT molecular complexity index is 523. The smallest absolute Gasteiger partial charge is 0.313 e. The quantitative estimate of drug-likeness (QED) is 0.673. The number of carboxylic acids is 1. The van der Waals surface area contributed by atoms with Crippen molar-refractivity contribution in [2.24, 2.45) is 5.92 Å². The first-order valence-electron chi connectivity index (χ1n) is 5.76. The standard InChI is InChI=1S/C11H12ClN3O4/c12-8-4-9(15(18)19)10(13-5-8)14-3-1-2-7(6-14)11(16)17/h4-5,7H,1-3,6H2,(H,16,17). The van der Waals surface area contributed by atoms with E-state index in [1.165, 1.54) is 12.3 Å². The number of carbonyl (C=O) groups is 1. The van der Waals surface area contributed by atoms with Crippen molar-refractivity contribution in [3.63, 3.8) is 0 Å². The number of hydrogen-bond donors (Lipinski definition) is 1. The van der Waals surface area contributed by atoms with Crippen LogP contribution in [0.5, 0.6) is 0 Å². The van der Waals surface area contributed by atoms with Crippen LogP contribution in [0.25, 0.3) is 0 Å². The van der Waals surface area contributed by atoms with E-state index in [9.17, 15) is 14.9 Å². The van der Waals surface area contributed by atoms with Gasteiger partial charge in [0.25, 0.3) is 0 Å². The van der Waals surface area contributed by atoms with Gasteiger partial charge in [-0.25, -0.2) is 4.98 Å². The van der Waals surface area contributed by atoms with Crippen LogP contribution >= 0.6 is 11.6 Å². The highest BCUT2D eigenvalue weighted by molar-refractivity contribution is 6.30. The first-order chi connectivity index (χ1) is 8.99. The van der Waals surface area contributed by atoms with Crippen LogP contribution in [0.3, 0.4) is 0 Å². The third-order valence-corrected chi connectivity index (χ3v) is 3.29. The molecule has 1 aromatic heterocycles. The molecular weight excluding hydrogens is 274 g/mol. The van der Waals surface area contributed by atoms with Crippen molar-refractivity contribution in [3.8, 4) is 0 Å². The fourth-order valence-corrected chi connectivity index (χ4v) is 2.32. The van der Waals surface area contributed by atoms with Gasteiger partial charge in [-0.3, -0.25) is 14.9 Å². The number of hydrogen-bond acceptors (Lipinski definition) is 5. The monoisotopic (exact) mass is 285 g/mol. The van der Waals surface area contributed by atoms with Crippen molar-refractivity contribution in [1.29, 1.82) is 0 Å². The Morgan fingerprint density at radius 2 is 2.37 bits per heavy atom. The lowest BCUT2D eigenvalue weighted by Gasteiger charge is -2.31. The molecule has 1 fully saturated rings. The van der Waals surface area contributed by atoms with Gasteiger partial charge in [-0.1, -0.05) is 11.6 Å². The molecule has 0 spiro atoms. The van der Waals surface area contributed by atoms with Gasteiger partial charge in [0.2, 0.25) is 5.82 Å². The molecule has 1 saturated heterocycles. The lowest BCUT2D eigenvalue weighted by molar-refractivity contribution is -0.384. The summed E-state index contributed by atoms with van der Waals surface area (Å²) in [4.78, 5) is 27.1. The molecular formula is C11H12ClN3O4. The molecule has 7 nitrogen and oxygen atoms in total. The molecule has 102 valence electrons. The van der Waals surface area contributed by atoms with E-state index in [4.69, 9.17) is 16.7 Å². The first kappa shape index (κ1) is 13.5. The third kappa shape index (κ3) is 2.93. The Balaban J connectivity index is 2.30. The zero-order chi connectivity index (χ0) is 14.0. The predicted octanol–water partition coefficient (Wildman–Crippen LogP) is 1.94. The van der Waals surface area contributed by atoms with Crippen LogP contribution in [-0.4, -0.2) is 34.1 Å². The fourth-order valence-electron chi connectivity index (χ4n) is 2.17. The SMILES string of the molecule is O=C(O)C1CCCN(c2ncc(Cl)cc2[N+](=O)[O-])C1. The molecule has 8 heteroatoms. The van der Waals surface area contributed by atoms with Crippen molar-refractivity contribution in [2.75, 3.05) is 18.0 Å². The molecule has 0 aliphatic carbocycles. The topological polar surface area (TPSA) is 96.6 Å². The van der Waals surface area contributed by atoms with E-state index in [0.717, 1.165) is 0 Å². The molecule has 1 aliphatic heterocycles. The van der Waals surface area contributed by atoms with Gasteiger partial charge in [-0.2, -0.15) is 0 Å². The molecule has 0 amide bonds. The minimum absolute atomic E-state index is 0.181. The van der Waals surface area contributed by atoms with Gasteiger partial charge in [0.05, 0.1) is 15.9 Å². The molecule has 1 unspecified atom stereocenters. The van der Waals surface area contributed by atoms with Crippen molar-refractivity contribution in [2.45, 2.75) is 12.8 Å². The summed E-state index contributed by atoms with van der Waals surface area (Å²) in [5, 5.41) is 20.2. The summed E-state index contributed by atoms with van der Waals surface area (Å²) in [5.41, 5.74) is -0.196. The largest absolute Gasteiger partial charge is 0.481 e. The molecule has 19 heavy (non-hydrogen) atoms. The Labute approximate surface area is 114 Å². The van der Waals surface area contributed by atoms with Crippen molar-refractivity contribution in [1.82, 2.24) is 4.98 Å². The molecule has 2 rings (SSSR count). The highest BCUT2D eigenvalue weighted by atomic mass is 35.5. The summed E-state index contributed by atoms with van der Waals surface area (Å²) in [6.07, 6.45) is 2.57. The Hall–Kier alpha value is -1.89. The van der Waals surface area contributed by atoms with E-state index in [2.05, 4.69) is 4.98 Å². The van der Waals surface area contributed by atoms with Gasteiger partial charge in [-0.05, 0) is 12.8 Å². The summed E-state index contributed by atoms with van der Waals surface area (Å²) >= 11 is 5.70. The maximum Gasteiger partial charge on any atom is 0.313 e. The number of aromatic nitrogens is 1. The number of carboxylic acid groups (broad SMARTS) is 1. The molecule has 2 heterocycles. The Morgan fingerprint density at radius 1 is 1.63 bits per heavy atom. The van der Waals surface area contributed by atoms with Gasteiger partial charge < -0.3 is 10.0 Å². The number of piperidine rings is 1. The van der Waals surface area contributed by atoms with Crippen molar-refractivity contribution < 1.29 is 14.8 Å². The van der Waals surface area contributed by atoms with E-state index >= 15 is 0 Å². The molecule has 0 saturated carbocycles. The Morgan fingerprint density at radius 3 is 3.00 bits per heavy atom. The summed E-state index contributed by atoms with van der Waals surface area (Å²) < 4.78 is 0. The van der Waals surface area contributed by atoms with Gasteiger partial charge in [0.15, 0.2) is 0 Å². The predicted molar refractivity (Wildman–Crippen MR) is 68.5 cm³/mol. The zero-order valence-corrected chi connectivity index (χ0v) is 10.7. The van der Waals surface area contributed by atoms with Crippen LogP contribution in [0.4, 0.5) is 11.5 Å². The second kappa shape index (κ2) is 5.40. The second-order valence-corrected chi connectivity index (χ2v) is 4.81. The normalized spacial score (nSPS) is 19.2. The average molecular weight is 286 g/mol. The number of halogens is 1. The molecule has 0 bridgehead atoms. The highest BCUT2D eigenvalue weighted by Gasteiger charge is 2.30. The summed E-state index contributed by atoms with van der Waals surface area (Å²) in [7, 11) is 0. The number of nitro groups is 1. The second-order valence-electron chi connectivity index (χ2n) is 4.38. The minimum atomic E-state index is -0.888. The van der Waals surface area contributed by atoms with Crippen LogP contribution in [-0.2, 0) is 4.79 Å². The average Bonchev–Trinajstić information content (AvgIpc) is 2.38. The summed E-state index contributed by atoms with van der Waals surface area (Å²) in [5.74, 6) is -1.23. The van der Waals surface area contributed by atoms with E-state index in [0.29, 0.717) is 19.4 Å². The maximum atomic E-state index is 11.0. The molecule has 0 radical (unpaired) electrons. The van der Waals surface area contributed by atoms with E-state index in [-0.39, 0.29) is 23.1 Å². The number of rotatable bonds is 3. The first-order valence-corrected chi connectivity index (χ1v) is 6.14. The van der Waals surface area contributed by atoms with Gasteiger partial charge in [0.1, 0.15) is 0 Å². The lowest BCUT2D eigenvalue weighted by atomic mass is 9.98. The zero-order valence-electron chi connectivity index (χ0n) is 9.95. The summed E-state index contributed by atoms with van der Waals surface area (Å²) in [6.45, 7) is 0.782. The number of anilines is 1. The van der Waals surface area contributed by atoms with Gasteiger partial charge in [-0.15, -0.1) is 0 Å². The third-order valence-electron chi connectivity index (χ3n) is 3.08. The van der Waals surface area contributed by atoms with Gasteiger partial charge in [0, 0.05) is 25.4 Å². The van der Waals surface area contributed by atoms with Crippen molar-refractivity contribution in [3.05, 3.63) is 27.4 Å². The van der Waals surface area contributed by atoms with Crippen LogP contribution in [0.15, 0.2) is 12.3 Å². The minimum Gasteiger partial charge on any atom is -0.481 e. The van der Waals surface area contributed by atoms with Crippen LogP contribution < -0.4 is 4.90 Å². The number of pyridine rings is 1. The van der Waals surface area contributed by atoms with Gasteiger partial charge >= 0.3 is 11.7 Å². The van der Waals surface area contributed by atoms with E-state index in [1.807, 2.05) is 0 Å².